The van der Waals surface area contributed by atoms with Gasteiger partial charge < -0.3 is 19.2 Å². The quantitative estimate of drug-likeness (QED) is 0.374. The Kier molecular flexibility index (Phi) is 7.46. The second kappa shape index (κ2) is 9.43. The number of nitrogens with one attached hydrogen (secondary N) is 1. The van der Waals surface area contributed by atoms with Crippen LogP contribution in [0, 0.1) is 5.92 Å². The van der Waals surface area contributed by atoms with Crippen molar-refractivity contribution >= 4 is 44.7 Å². The molecule has 1 heterocycles. The van der Waals surface area contributed by atoms with E-state index in [2.05, 4.69) is 20.9 Å². The molecule has 2 aromatic rings. The maximum Gasteiger partial charge on any atom is 0.321 e. The highest BCUT2D eigenvalue weighted by atomic mass is 79.9. The fraction of sp³-hybridized carbons (Fsp3) is 0.476. The van der Waals surface area contributed by atoms with E-state index in [9.17, 15) is 14.4 Å². The van der Waals surface area contributed by atoms with Crippen LogP contribution in [-0.2, 0) is 28.6 Å². The lowest BCUT2D eigenvalue weighted by Gasteiger charge is -2.27. The van der Waals surface area contributed by atoms with Gasteiger partial charge in [0, 0.05) is 21.6 Å². The number of rotatable bonds is 7. The van der Waals surface area contributed by atoms with Gasteiger partial charge in [-0.2, -0.15) is 0 Å². The first-order chi connectivity index (χ1) is 13.6. The van der Waals surface area contributed by atoms with Crippen molar-refractivity contribution in [2.24, 2.45) is 5.92 Å². The molecule has 1 atom stereocenters. The first-order valence-corrected chi connectivity index (χ1v) is 10.2. The molecule has 8 heteroatoms. The monoisotopic (exact) mass is 467 g/mol. The van der Waals surface area contributed by atoms with Gasteiger partial charge in [-0.1, -0.05) is 15.9 Å². The summed E-state index contributed by atoms with van der Waals surface area (Å²) in [5, 5.41) is 0.689. The van der Waals surface area contributed by atoms with Crippen LogP contribution in [0.5, 0.6) is 0 Å². The van der Waals surface area contributed by atoms with Crippen molar-refractivity contribution in [3.05, 3.63) is 34.4 Å². The van der Waals surface area contributed by atoms with Crippen LogP contribution in [0.2, 0.25) is 0 Å². The molecule has 0 saturated carbocycles. The number of ether oxygens (including phenoxy) is 3. The molecule has 0 amide bonds. The highest BCUT2D eigenvalue weighted by molar-refractivity contribution is 9.10. The Bertz CT molecular complexity index is 880. The third-order valence-electron chi connectivity index (χ3n) is 4.09. The summed E-state index contributed by atoms with van der Waals surface area (Å²) in [6.45, 7) is 8.55. The number of aromatic nitrogens is 1. The molecule has 0 aliphatic rings. The van der Waals surface area contributed by atoms with Crippen LogP contribution in [0.15, 0.2) is 28.9 Å². The van der Waals surface area contributed by atoms with Crippen molar-refractivity contribution in [1.82, 2.24) is 4.98 Å². The Morgan fingerprint density at radius 3 is 2.14 bits per heavy atom. The van der Waals surface area contributed by atoms with E-state index in [1.165, 1.54) is 0 Å². The van der Waals surface area contributed by atoms with Gasteiger partial charge in [-0.15, -0.1) is 0 Å². The third kappa shape index (κ3) is 5.59. The number of aromatic amines is 1. The van der Waals surface area contributed by atoms with Gasteiger partial charge >= 0.3 is 17.9 Å². The number of carbonyl (C=O) groups excluding carboxylic acids is 3. The van der Waals surface area contributed by atoms with Crippen molar-refractivity contribution in [1.29, 1.82) is 0 Å². The molecule has 29 heavy (non-hydrogen) atoms. The number of esters is 3. The van der Waals surface area contributed by atoms with Crippen molar-refractivity contribution in [3.8, 4) is 0 Å². The summed E-state index contributed by atoms with van der Waals surface area (Å²) in [7, 11) is 0. The van der Waals surface area contributed by atoms with Crippen LogP contribution in [-0.4, -0.2) is 41.7 Å². The van der Waals surface area contributed by atoms with Gasteiger partial charge in [0.1, 0.15) is 11.5 Å². The molecule has 0 aliphatic heterocycles. The van der Waals surface area contributed by atoms with Crippen LogP contribution in [0.3, 0.4) is 0 Å². The molecule has 1 aromatic heterocycles. The van der Waals surface area contributed by atoms with Crippen molar-refractivity contribution < 1.29 is 28.6 Å². The predicted molar refractivity (Wildman–Crippen MR) is 111 cm³/mol. The molecule has 0 unspecified atom stereocenters. The zero-order valence-electron chi connectivity index (χ0n) is 17.2. The molecular formula is C21H26BrNO6. The van der Waals surface area contributed by atoms with Crippen LogP contribution in [0.4, 0.5) is 0 Å². The Morgan fingerprint density at radius 2 is 1.62 bits per heavy atom. The zero-order chi connectivity index (χ0) is 21.8. The molecule has 0 fully saturated rings. The van der Waals surface area contributed by atoms with Crippen LogP contribution < -0.4 is 0 Å². The predicted octanol–water partition coefficient (Wildman–Crippen LogP) is 4.10. The summed E-state index contributed by atoms with van der Waals surface area (Å²) in [5.74, 6) is -5.07. The topological polar surface area (TPSA) is 94.7 Å². The molecule has 0 aliphatic carbocycles. The van der Waals surface area contributed by atoms with Gasteiger partial charge in [0.05, 0.1) is 13.2 Å². The summed E-state index contributed by atoms with van der Waals surface area (Å²) in [6, 6.07) is 5.49. The molecule has 0 bridgehead atoms. The van der Waals surface area contributed by atoms with E-state index in [-0.39, 0.29) is 13.2 Å². The highest BCUT2D eigenvalue weighted by Crippen LogP contribution is 2.36. The molecule has 1 aromatic carbocycles. The number of hydrogen-bond donors (Lipinski definition) is 1. The minimum Gasteiger partial charge on any atom is -0.465 e. The Hall–Kier alpha value is -2.35. The minimum atomic E-state index is -1.48. The Morgan fingerprint density at radius 1 is 1.03 bits per heavy atom. The fourth-order valence-electron chi connectivity index (χ4n) is 3.01. The summed E-state index contributed by atoms with van der Waals surface area (Å²) < 4.78 is 16.5. The van der Waals surface area contributed by atoms with Gasteiger partial charge in [-0.25, -0.2) is 0 Å². The van der Waals surface area contributed by atoms with E-state index in [0.29, 0.717) is 10.9 Å². The molecule has 158 valence electrons. The third-order valence-corrected chi connectivity index (χ3v) is 4.58. The van der Waals surface area contributed by atoms with E-state index in [1.54, 1.807) is 40.8 Å². The average molecular weight is 468 g/mol. The van der Waals surface area contributed by atoms with E-state index in [0.717, 1.165) is 9.99 Å². The molecule has 7 nitrogen and oxygen atoms in total. The lowest BCUT2D eigenvalue weighted by atomic mass is 9.85. The molecule has 0 radical (unpaired) electrons. The fourth-order valence-corrected chi connectivity index (χ4v) is 3.37. The number of H-pyrrole nitrogens is 1. The maximum absolute atomic E-state index is 13.2. The van der Waals surface area contributed by atoms with Crippen molar-refractivity contribution in [3.63, 3.8) is 0 Å². The van der Waals surface area contributed by atoms with E-state index in [1.807, 2.05) is 18.2 Å². The number of benzene rings is 1. The number of halogens is 1. The average Bonchev–Trinajstić information content (AvgIpc) is 3.00. The van der Waals surface area contributed by atoms with Crippen molar-refractivity contribution in [2.75, 3.05) is 13.2 Å². The van der Waals surface area contributed by atoms with Gasteiger partial charge in [-0.3, -0.25) is 14.4 Å². The van der Waals surface area contributed by atoms with Crippen LogP contribution in [0.1, 0.15) is 46.1 Å². The minimum absolute atomic E-state index is 0.0647. The number of carbonyl (C=O) groups is 3. The number of hydrogen-bond acceptors (Lipinski definition) is 6. The highest BCUT2D eigenvalue weighted by Gasteiger charge is 2.45. The maximum atomic E-state index is 13.2. The second-order valence-electron chi connectivity index (χ2n) is 7.43. The van der Waals surface area contributed by atoms with Crippen molar-refractivity contribution in [2.45, 2.75) is 46.1 Å². The van der Waals surface area contributed by atoms with E-state index < -0.39 is 35.3 Å². The lowest BCUT2D eigenvalue weighted by Crippen LogP contribution is -2.39. The van der Waals surface area contributed by atoms with Gasteiger partial charge in [0.15, 0.2) is 5.92 Å². The molecule has 0 saturated heterocycles. The second-order valence-corrected chi connectivity index (χ2v) is 8.34. The summed E-state index contributed by atoms with van der Waals surface area (Å²) in [4.78, 5) is 41.7. The van der Waals surface area contributed by atoms with Gasteiger partial charge in [0.25, 0.3) is 0 Å². The smallest absolute Gasteiger partial charge is 0.321 e. The molecule has 2 rings (SSSR count). The first-order valence-electron chi connectivity index (χ1n) is 9.41. The molecular weight excluding hydrogens is 442 g/mol. The standard InChI is InChI=1S/C21H26BrNO6/c1-6-27-18(24)17(19(25)28-7-2)16(20(26)29-21(3,4)5)14-11-23-15-9-8-12(22)10-13(14)15/h8-11,16-17,23H,6-7H2,1-5H3/t16-/m0/s1. The van der Waals surface area contributed by atoms with Crippen LogP contribution >= 0.6 is 15.9 Å². The molecule has 0 spiro atoms. The Balaban J connectivity index is 2.66. The summed E-state index contributed by atoms with van der Waals surface area (Å²) in [6.07, 6.45) is 1.61. The van der Waals surface area contributed by atoms with Gasteiger partial charge in [-0.05, 0) is 58.4 Å². The zero-order valence-corrected chi connectivity index (χ0v) is 18.8. The normalized spacial score (nSPS) is 12.7. The SMILES string of the molecule is CCOC(=O)C(C(=O)OCC)[C@@H](C(=O)OC(C)(C)C)c1c[nH]c2ccc(Br)cc12. The summed E-state index contributed by atoms with van der Waals surface area (Å²) in [5.41, 5.74) is 0.403. The number of fused-ring (bicyclic) bond motifs is 1. The summed E-state index contributed by atoms with van der Waals surface area (Å²) >= 11 is 3.42. The van der Waals surface area contributed by atoms with Gasteiger partial charge in [0.2, 0.25) is 0 Å². The van der Waals surface area contributed by atoms with E-state index in [4.69, 9.17) is 14.2 Å². The van der Waals surface area contributed by atoms with Crippen LogP contribution in [0.25, 0.3) is 10.9 Å². The first kappa shape index (κ1) is 22.9. The largest absolute Gasteiger partial charge is 0.465 e. The lowest BCUT2D eigenvalue weighted by molar-refractivity contribution is -0.172. The molecule has 1 N–H and O–H groups in total. The Labute approximate surface area is 178 Å². The van der Waals surface area contributed by atoms with E-state index >= 15 is 0 Å².